The maximum Gasteiger partial charge on any atom is 0.255 e. The van der Waals surface area contributed by atoms with Crippen molar-refractivity contribution >= 4 is 51.5 Å². The van der Waals surface area contributed by atoms with Crippen LogP contribution < -0.4 is 0 Å². The standard InChI is InChI=1S/C19H21Cl2N3O4S.ClH/c1-23(7-5-14-4-2-3-6-22-14)19(25)15-12-18(17(21)13-16(15)20)29(26,27)24-8-10-28-11-9-24;/h2-4,6,12-13H,5,7-11H2,1H3;1H. The molecule has 1 aliphatic rings. The monoisotopic (exact) mass is 493 g/mol. The summed E-state index contributed by atoms with van der Waals surface area (Å²) in [6.45, 7) is 1.49. The van der Waals surface area contributed by atoms with E-state index >= 15 is 0 Å². The predicted octanol–water partition coefficient (Wildman–Crippen LogP) is 3.15. The molecule has 164 valence electrons. The van der Waals surface area contributed by atoms with Crippen molar-refractivity contribution in [1.82, 2.24) is 14.2 Å². The zero-order valence-electron chi connectivity index (χ0n) is 16.3. The van der Waals surface area contributed by atoms with Crippen molar-refractivity contribution in [2.75, 3.05) is 39.9 Å². The van der Waals surface area contributed by atoms with Crippen LogP contribution in [0.2, 0.25) is 10.0 Å². The minimum Gasteiger partial charge on any atom is -0.379 e. The van der Waals surface area contributed by atoms with Crippen molar-refractivity contribution in [3.05, 3.63) is 57.8 Å². The van der Waals surface area contributed by atoms with Crippen molar-refractivity contribution in [2.24, 2.45) is 0 Å². The zero-order valence-corrected chi connectivity index (χ0v) is 19.4. The quantitative estimate of drug-likeness (QED) is 0.616. The number of halogens is 3. The Hall–Kier alpha value is -1.42. The average Bonchev–Trinajstić information content (AvgIpc) is 2.73. The molecule has 0 unspecified atom stereocenters. The first-order valence-electron chi connectivity index (χ1n) is 9.03. The third-order valence-electron chi connectivity index (χ3n) is 4.62. The Morgan fingerprint density at radius 3 is 2.53 bits per heavy atom. The Morgan fingerprint density at radius 2 is 1.90 bits per heavy atom. The molecular formula is C19H22Cl3N3O4S. The summed E-state index contributed by atoms with van der Waals surface area (Å²) in [6, 6.07) is 8.14. The van der Waals surface area contributed by atoms with Gasteiger partial charge in [-0.2, -0.15) is 4.31 Å². The van der Waals surface area contributed by atoms with Crippen molar-refractivity contribution < 1.29 is 17.9 Å². The van der Waals surface area contributed by atoms with E-state index in [0.29, 0.717) is 26.2 Å². The molecule has 1 aromatic carbocycles. The molecule has 0 atom stereocenters. The minimum absolute atomic E-state index is 0. The number of hydrogen-bond acceptors (Lipinski definition) is 5. The van der Waals surface area contributed by atoms with Crippen LogP contribution in [0.5, 0.6) is 0 Å². The highest BCUT2D eigenvalue weighted by Gasteiger charge is 2.30. The number of pyridine rings is 1. The van der Waals surface area contributed by atoms with Crippen molar-refractivity contribution in [3.8, 4) is 0 Å². The number of likely N-dealkylation sites (N-methyl/N-ethyl adjacent to an activating group) is 1. The lowest BCUT2D eigenvalue weighted by Crippen LogP contribution is -2.40. The molecule has 30 heavy (non-hydrogen) atoms. The highest BCUT2D eigenvalue weighted by molar-refractivity contribution is 7.89. The molecule has 1 aliphatic heterocycles. The lowest BCUT2D eigenvalue weighted by atomic mass is 10.2. The van der Waals surface area contributed by atoms with Crippen LogP contribution in [-0.4, -0.2) is 68.4 Å². The van der Waals surface area contributed by atoms with E-state index in [9.17, 15) is 13.2 Å². The number of carbonyl (C=O) groups is 1. The summed E-state index contributed by atoms with van der Waals surface area (Å²) in [5, 5.41) is 0.0831. The molecule has 0 saturated carbocycles. The summed E-state index contributed by atoms with van der Waals surface area (Å²) in [7, 11) is -2.23. The fraction of sp³-hybridized carbons (Fsp3) is 0.368. The van der Waals surface area contributed by atoms with Gasteiger partial charge in [0.25, 0.3) is 5.91 Å². The molecule has 2 aromatic rings. The fourth-order valence-corrected chi connectivity index (χ4v) is 5.19. The van der Waals surface area contributed by atoms with Gasteiger partial charge in [0.05, 0.1) is 28.8 Å². The largest absolute Gasteiger partial charge is 0.379 e. The van der Waals surface area contributed by atoms with Crippen molar-refractivity contribution in [2.45, 2.75) is 11.3 Å². The number of hydrogen-bond donors (Lipinski definition) is 0. The third-order valence-corrected chi connectivity index (χ3v) is 7.29. The number of rotatable bonds is 6. The van der Waals surface area contributed by atoms with E-state index in [-0.39, 0.29) is 51.9 Å². The topological polar surface area (TPSA) is 79.8 Å². The van der Waals surface area contributed by atoms with Crippen LogP contribution in [0.15, 0.2) is 41.4 Å². The number of sulfonamides is 1. The predicted molar refractivity (Wildman–Crippen MR) is 118 cm³/mol. The molecule has 1 aromatic heterocycles. The van der Waals surface area contributed by atoms with E-state index in [0.717, 1.165) is 5.69 Å². The molecule has 0 radical (unpaired) electrons. The van der Waals surface area contributed by atoms with Gasteiger partial charge in [-0.25, -0.2) is 8.42 Å². The minimum atomic E-state index is -3.86. The molecule has 0 bridgehead atoms. The molecule has 3 rings (SSSR count). The highest BCUT2D eigenvalue weighted by atomic mass is 35.5. The first kappa shape index (κ1) is 24.8. The number of benzene rings is 1. The average molecular weight is 495 g/mol. The lowest BCUT2D eigenvalue weighted by molar-refractivity contribution is 0.0730. The van der Waals surface area contributed by atoms with Crippen LogP contribution in [-0.2, 0) is 21.2 Å². The fourth-order valence-electron chi connectivity index (χ4n) is 2.95. The summed E-state index contributed by atoms with van der Waals surface area (Å²) >= 11 is 12.4. The zero-order chi connectivity index (χ0) is 21.0. The number of nitrogens with zero attached hydrogens (tertiary/aromatic N) is 3. The van der Waals surface area contributed by atoms with Gasteiger partial charge < -0.3 is 9.64 Å². The Morgan fingerprint density at radius 1 is 1.20 bits per heavy atom. The Balaban J connectivity index is 0.00000320. The van der Waals surface area contributed by atoms with Gasteiger partial charge in [0.2, 0.25) is 10.0 Å². The number of carbonyl (C=O) groups excluding carboxylic acids is 1. The van der Waals surface area contributed by atoms with E-state index in [2.05, 4.69) is 4.98 Å². The maximum atomic E-state index is 13.0. The third kappa shape index (κ3) is 5.63. The van der Waals surface area contributed by atoms with E-state index in [1.54, 1.807) is 13.2 Å². The van der Waals surface area contributed by atoms with Crippen LogP contribution in [0.4, 0.5) is 0 Å². The summed E-state index contributed by atoms with van der Waals surface area (Å²) in [5.41, 5.74) is 0.941. The van der Waals surface area contributed by atoms with Gasteiger partial charge in [-0.15, -0.1) is 12.4 Å². The molecule has 1 saturated heterocycles. The molecule has 0 aliphatic carbocycles. The van der Waals surface area contributed by atoms with Gasteiger partial charge >= 0.3 is 0 Å². The Bertz CT molecular complexity index is 984. The summed E-state index contributed by atoms with van der Waals surface area (Å²) in [4.78, 5) is 18.5. The van der Waals surface area contributed by atoms with Crippen LogP contribution in [0.1, 0.15) is 16.1 Å². The van der Waals surface area contributed by atoms with Gasteiger partial charge in [-0.1, -0.05) is 29.3 Å². The van der Waals surface area contributed by atoms with E-state index < -0.39 is 10.0 Å². The van der Waals surface area contributed by atoms with Crippen LogP contribution in [0, 0.1) is 0 Å². The van der Waals surface area contributed by atoms with Crippen LogP contribution in [0.25, 0.3) is 0 Å². The maximum absolute atomic E-state index is 13.0. The van der Waals surface area contributed by atoms with Gasteiger partial charge in [-0.05, 0) is 24.3 Å². The lowest BCUT2D eigenvalue weighted by Gasteiger charge is -2.27. The van der Waals surface area contributed by atoms with E-state index in [1.165, 1.54) is 21.3 Å². The molecule has 0 spiro atoms. The first-order valence-corrected chi connectivity index (χ1v) is 11.2. The number of morpholine rings is 1. The normalized spacial score (nSPS) is 14.8. The second kappa shape index (κ2) is 10.7. The molecule has 7 nitrogen and oxygen atoms in total. The summed E-state index contributed by atoms with van der Waals surface area (Å²) < 4.78 is 32.5. The second-order valence-electron chi connectivity index (χ2n) is 6.58. The van der Waals surface area contributed by atoms with Crippen LogP contribution >= 0.6 is 35.6 Å². The van der Waals surface area contributed by atoms with Gasteiger partial charge in [0, 0.05) is 45.0 Å². The Kier molecular flexibility index (Phi) is 8.90. The van der Waals surface area contributed by atoms with Gasteiger partial charge in [-0.3, -0.25) is 9.78 Å². The van der Waals surface area contributed by atoms with Gasteiger partial charge in [0.15, 0.2) is 0 Å². The molecule has 1 fully saturated rings. The Labute approximate surface area is 192 Å². The van der Waals surface area contributed by atoms with Crippen LogP contribution in [0.3, 0.4) is 0 Å². The second-order valence-corrected chi connectivity index (χ2v) is 9.30. The number of ether oxygens (including phenoxy) is 1. The van der Waals surface area contributed by atoms with Crippen molar-refractivity contribution in [3.63, 3.8) is 0 Å². The number of amides is 1. The highest BCUT2D eigenvalue weighted by Crippen LogP contribution is 2.31. The molecule has 11 heteroatoms. The molecular weight excluding hydrogens is 473 g/mol. The van der Waals surface area contributed by atoms with E-state index in [4.69, 9.17) is 27.9 Å². The summed E-state index contributed by atoms with van der Waals surface area (Å²) in [5.74, 6) is -0.388. The number of aromatic nitrogens is 1. The molecule has 1 amide bonds. The molecule has 2 heterocycles. The first-order chi connectivity index (χ1) is 13.8. The van der Waals surface area contributed by atoms with Crippen molar-refractivity contribution in [1.29, 1.82) is 0 Å². The smallest absolute Gasteiger partial charge is 0.255 e. The van der Waals surface area contributed by atoms with Gasteiger partial charge in [0.1, 0.15) is 4.90 Å². The van der Waals surface area contributed by atoms with E-state index in [1.807, 2.05) is 18.2 Å². The summed E-state index contributed by atoms with van der Waals surface area (Å²) in [6.07, 6.45) is 2.25. The molecule has 0 N–H and O–H groups in total. The SMILES string of the molecule is CN(CCc1ccccn1)C(=O)c1cc(S(=O)(=O)N2CCOCC2)c(Cl)cc1Cl.Cl.